The molecule has 3 N–H and O–H groups in total. The van der Waals surface area contributed by atoms with E-state index >= 15 is 0 Å². The number of nitrogens with zero attached hydrogens (tertiary/aromatic N) is 1. The third kappa shape index (κ3) is 5.77. The molecule has 0 atom stereocenters. The van der Waals surface area contributed by atoms with Gasteiger partial charge in [0.05, 0.1) is 16.9 Å². The first kappa shape index (κ1) is 22.5. The van der Waals surface area contributed by atoms with E-state index in [0.717, 1.165) is 15.5 Å². The Kier molecular flexibility index (Phi) is 7.34. The van der Waals surface area contributed by atoms with Crippen LogP contribution in [0.25, 0.3) is 0 Å². The monoisotopic (exact) mass is 472 g/mol. The summed E-state index contributed by atoms with van der Waals surface area (Å²) in [4.78, 5) is 19.0. The summed E-state index contributed by atoms with van der Waals surface area (Å²) >= 11 is 0. The van der Waals surface area contributed by atoms with Gasteiger partial charge in [-0.15, -0.1) is 0 Å². The Balaban J connectivity index is 1.50. The van der Waals surface area contributed by atoms with Gasteiger partial charge in [-0.2, -0.15) is 0 Å². The smallest absolute Gasteiger partial charge is 0.259 e. The van der Waals surface area contributed by atoms with E-state index in [9.17, 15) is 15.0 Å². The van der Waals surface area contributed by atoms with Crippen LogP contribution in [0.1, 0.15) is 15.9 Å². The quantitative estimate of drug-likeness (QED) is 0.201. The van der Waals surface area contributed by atoms with E-state index in [1.807, 2.05) is 54.6 Å². The molecule has 0 saturated heterocycles. The highest BCUT2D eigenvalue weighted by Crippen LogP contribution is 2.44. The third-order valence-corrected chi connectivity index (χ3v) is 7.12. The van der Waals surface area contributed by atoms with Gasteiger partial charge in [0.15, 0.2) is 0 Å². The van der Waals surface area contributed by atoms with E-state index in [1.54, 1.807) is 42.6 Å². The number of para-hydroxylation sites is 4. The molecule has 4 aromatic carbocycles. The number of anilines is 1. The van der Waals surface area contributed by atoms with Gasteiger partial charge < -0.3 is 15.5 Å². The first-order valence-electron chi connectivity index (χ1n) is 10.1. The zero-order chi connectivity index (χ0) is 23.0. The number of nitrogens with one attached hydrogen (secondary N) is 1. The Labute approximate surface area is 199 Å². The molecular weight excluding hydrogens is 452 g/mol. The Morgan fingerprint density at radius 2 is 1.33 bits per heavy atom. The molecule has 164 valence electrons. The van der Waals surface area contributed by atoms with Gasteiger partial charge in [-0.05, 0) is 48.5 Å². The SMILES string of the molecule is O=C(Nc1ccccc1SSc1ccccc1N=Cc1ccccc1O)c1ccccc1O. The second kappa shape index (κ2) is 10.8. The Morgan fingerprint density at radius 3 is 2.12 bits per heavy atom. The molecule has 0 saturated carbocycles. The van der Waals surface area contributed by atoms with Crippen LogP contribution in [0.2, 0.25) is 0 Å². The number of carbonyl (C=O) groups is 1. The maximum absolute atomic E-state index is 12.6. The highest BCUT2D eigenvalue weighted by atomic mass is 33.1. The Hall–Kier alpha value is -3.68. The number of rotatable bonds is 7. The van der Waals surface area contributed by atoms with Gasteiger partial charge in [-0.3, -0.25) is 9.79 Å². The van der Waals surface area contributed by atoms with Crippen molar-refractivity contribution < 1.29 is 15.0 Å². The normalized spacial score (nSPS) is 10.9. The summed E-state index contributed by atoms with van der Waals surface area (Å²) in [7, 11) is 3.02. The number of phenols is 2. The van der Waals surface area contributed by atoms with E-state index < -0.39 is 0 Å². The molecule has 0 bridgehead atoms. The molecule has 0 unspecified atom stereocenters. The van der Waals surface area contributed by atoms with Gasteiger partial charge in [0, 0.05) is 21.6 Å². The molecule has 4 aromatic rings. The zero-order valence-electron chi connectivity index (χ0n) is 17.4. The fourth-order valence-corrected chi connectivity index (χ4v) is 5.22. The molecule has 0 radical (unpaired) electrons. The van der Waals surface area contributed by atoms with Crippen LogP contribution in [0.5, 0.6) is 11.5 Å². The molecule has 1 amide bonds. The first-order chi connectivity index (χ1) is 16.1. The number of hydrogen-bond acceptors (Lipinski definition) is 6. The lowest BCUT2D eigenvalue weighted by atomic mass is 10.2. The van der Waals surface area contributed by atoms with Crippen LogP contribution in [0.15, 0.2) is 112 Å². The fraction of sp³-hybridized carbons (Fsp3) is 0. The van der Waals surface area contributed by atoms with Gasteiger partial charge in [-0.25, -0.2) is 0 Å². The summed E-state index contributed by atoms with van der Waals surface area (Å²) in [5.41, 5.74) is 2.28. The molecule has 0 aliphatic rings. The lowest BCUT2D eigenvalue weighted by Crippen LogP contribution is -2.12. The largest absolute Gasteiger partial charge is 0.507 e. The second-order valence-electron chi connectivity index (χ2n) is 6.92. The van der Waals surface area contributed by atoms with Gasteiger partial charge in [0.25, 0.3) is 5.91 Å². The predicted octanol–water partition coefficient (Wildman–Crippen LogP) is 6.90. The van der Waals surface area contributed by atoms with Crippen LogP contribution < -0.4 is 5.32 Å². The molecule has 0 aromatic heterocycles. The van der Waals surface area contributed by atoms with Crippen molar-refractivity contribution >= 4 is 45.1 Å². The number of aliphatic imine (C=N–C) groups is 1. The first-order valence-corrected chi connectivity index (χ1v) is 12.2. The number of hydrogen-bond donors (Lipinski definition) is 3. The molecule has 0 heterocycles. The van der Waals surface area contributed by atoms with Crippen molar-refractivity contribution in [3.8, 4) is 11.5 Å². The van der Waals surface area contributed by atoms with E-state index in [1.165, 1.54) is 27.7 Å². The Bertz CT molecular complexity index is 1310. The molecule has 7 heteroatoms. The molecule has 0 aliphatic heterocycles. The number of amides is 1. The number of benzene rings is 4. The van der Waals surface area contributed by atoms with Gasteiger partial charge in [0.1, 0.15) is 11.5 Å². The zero-order valence-corrected chi connectivity index (χ0v) is 19.0. The van der Waals surface area contributed by atoms with E-state index in [4.69, 9.17) is 0 Å². The van der Waals surface area contributed by atoms with Crippen molar-refractivity contribution in [3.05, 3.63) is 108 Å². The molecule has 5 nitrogen and oxygen atoms in total. The highest BCUT2D eigenvalue weighted by molar-refractivity contribution is 8.76. The van der Waals surface area contributed by atoms with E-state index in [0.29, 0.717) is 11.3 Å². The summed E-state index contributed by atoms with van der Waals surface area (Å²) in [6.45, 7) is 0. The Morgan fingerprint density at radius 1 is 0.727 bits per heavy atom. The minimum Gasteiger partial charge on any atom is -0.507 e. The average Bonchev–Trinajstić information content (AvgIpc) is 2.84. The van der Waals surface area contributed by atoms with Crippen LogP contribution in [0, 0.1) is 0 Å². The number of phenolic OH excluding ortho intramolecular Hbond substituents is 2. The van der Waals surface area contributed by atoms with Crippen molar-refractivity contribution in [1.29, 1.82) is 0 Å². The third-order valence-electron chi connectivity index (χ3n) is 4.65. The van der Waals surface area contributed by atoms with Crippen LogP contribution in [-0.2, 0) is 0 Å². The molecule has 0 fully saturated rings. The van der Waals surface area contributed by atoms with E-state index in [2.05, 4.69) is 10.3 Å². The molecular formula is C26H20N2O3S2. The van der Waals surface area contributed by atoms with Crippen LogP contribution in [0.4, 0.5) is 11.4 Å². The van der Waals surface area contributed by atoms with Crippen molar-refractivity contribution in [2.45, 2.75) is 9.79 Å². The lowest BCUT2D eigenvalue weighted by molar-refractivity contribution is 0.102. The van der Waals surface area contributed by atoms with Crippen LogP contribution in [-0.4, -0.2) is 22.3 Å². The van der Waals surface area contributed by atoms with Crippen molar-refractivity contribution in [2.75, 3.05) is 5.32 Å². The van der Waals surface area contributed by atoms with Crippen molar-refractivity contribution in [2.24, 2.45) is 4.99 Å². The van der Waals surface area contributed by atoms with Gasteiger partial charge in [0.2, 0.25) is 0 Å². The molecule has 33 heavy (non-hydrogen) atoms. The summed E-state index contributed by atoms with van der Waals surface area (Å²) in [5.74, 6) is -0.264. The maximum atomic E-state index is 12.6. The predicted molar refractivity (Wildman–Crippen MR) is 136 cm³/mol. The summed E-state index contributed by atoms with van der Waals surface area (Å²) in [5, 5.41) is 22.8. The van der Waals surface area contributed by atoms with Gasteiger partial charge >= 0.3 is 0 Å². The second-order valence-corrected chi connectivity index (χ2v) is 9.13. The van der Waals surface area contributed by atoms with Crippen LogP contribution in [0.3, 0.4) is 0 Å². The standard InChI is InChI=1S/C26H20N2O3S2/c29-22-13-5-1-9-18(22)17-27-20-11-3-7-15-24(20)32-33-25-16-8-4-12-21(25)28-26(31)19-10-2-6-14-23(19)30/h1-17,29-30H,(H,28,31). The summed E-state index contributed by atoms with van der Waals surface area (Å²) in [6.07, 6.45) is 1.64. The lowest BCUT2D eigenvalue weighted by Gasteiger charge is -2.11. The maximum Gasteiger partial charge on any atom is 0.259 e. The van der Waals surface area contributed by atoms with Crippen LogP contribution >= 0.6 is 21.6 Å². The van der Waals surface area contributed by atoms with Crippen molar-refractivity contribution in [1.82, 2.24) is 0 Å². The highest BCUT2D eigenvalue weighted by Gasteiger charge is 2.13. The number of aromatic hydroxyl groups is 2. The number of carbonyl (C=O) groups excluding carboxylic acids is 1. The topological polar surface area (TPSA) is 81.9 Å². The molecule has 0 aliphatic carbocycles. The molecule has 4 rings (SSSR count). The minimum atomic E-state index is -0.376. The van der Waals surface area contributed by atoms with Gasteiger partial charge in [-0.1, -0.05) is 70.1 Å². The summed E-state index contributed by atoms with van der Waals surface area (Å²) < 4.78 is 0. The molecule has 0 spiro atoms. The van der Waals surface area contributed by atoms with E-state index in [-0.39, 0.29) is 23.0 Å². The van der Waals surface area contributed by atoms with Crippen molar-refractivity contribution in [3.63, 3.8) is 0 Å². The minimum absolute atomic E-state index is 0.0641. The fourth-order valence-electron chi connectivity index (χ4n) is 2.96. The summed E-state index contributed by atoms with van der Waals surface area (Å²) in [6, 6.07) is 28.7. The average molecular weight is 473 g/mol.